The van der Waals surface area contributed by atoms with Gasteiger partial charge in [-0.1, -0.05) is 18.5 Å². The van der Waals surface area contributed by atoms with Crippen LogP contribution in [0.2, 0.25) is 5.02 Å². The number of rotatable bonds is 6. The van der Waals surface area contributed by atoms with E-state index < -0.39 is 16.8 Å². The summed E-state index contributed by atoms with van der Waals surface area (Å²) in [5, 5.41) is 22.0. The van der Waals surface area contributed by atoms with Crippen LogP contribution >= 0.6 is 11.6 Å². The van der Waals surface area contributed by atoms with Crippen LogP contribution in [0.4, 0.5) is 11.4 Å². The smallest absolute Gasteiger partial charge is 0.303 e. The first-order valence-electron chi connectivity index (χ1n) is 5.75. The molecule has 0 radical (unpaired) electrons. The molecule has 1 aromatic rings. The van der Waals surface area contributed by atoms with Gasteiger partial charge in [0.2, 0.25) is 5.91 Å². The van der Waals surface area contributed by atoms with Crippen LogP contribution in [0.15, 0.2) is 18.2 Å². The molecule has 7 nitrogen and oxygen atoms in total. The van der Waals surface area contributed by atoms with Crippen molar-refractivity contribution in [1.29, 1.82) is 0 Å². The van der Waals surface area contributed by atoms with Crippen molar-refractivity contribution in [3.8, 4) is 0 Å². The molecule has 0 spiro atoms. The summed E-state index contributed by atoms with van der Waals surface area (Å²) in [6.07, 6.45) is -0.178. The van der Waals surface area contributed by atoms with Gasteiger partial charge in [-0.2, -0.15) is 0 Å². The number of hydrogen-bond donors (Lipinski definition) is 2. The van der Waals surface area contributed by atoms with Crippen LogP contribution in [-0.2, 0) is 9.59 Å². The monoisotopic (exact) mass is 300 g/mol. The zero-order chi connectivity index (χ0) is 15.3. The Bertz CT molecular complexity index is 547. The number of carbonyl (C=O) groups excluding carboxylic acids is 1. The average Bonchev–Trinajstić information content (AvgIpc) is 2.29. The minimum absolute atomic E-state index is 0.0342. The molecule has 0 heterocycles. The third kappa shape index (κ3) is 4.85. The predicted molar refractivity (Wildman–Crippen MR) is 72.8 cm³/mol. The van der Waals surface area contributed by atoms with Gasteiger partial charge in [0.15, 0.2) is 0 Å². The van der Waals surface area contributed by atoms with Gasteiger partial charge in [-0.15, -0.1) is 0 Å². The molecule has 20 heavy (non-hydrogen) atoms. The van der Waals surface area contributed by atoms with Gasteiger partial charge >= 0.3 is 5.97 Å². The van der Waals surface area contributed by atoms with Crippen molar-refractivity contribution >= 4 is 34.9 Å². The standard InChI is InChI=1S/C12H13ClN2O5/c1-7(5-12(17)18)4-11(16)14-9-3-2-8(13)6-10(9)15(19)20/h2-3,6-7H,4-5H2,1H3,(H,14,16)(H,17,18). The number of aliphatic carboxylic acids is 1. The van der Waals surface area contributed by atoms with E-state index in [9.17, 15) is 19.7 Å². The fourth-order valence-corrected chi connectivity index (χ4v) is 1.82. The number of nitrogens with one attached hydrogen (secondary N) is 1. The number of amides is 1. The summed E-state index contributed by atoms with van der Waals surface area (Å²) in [5.74, 6) is -1.84. The van der Waals surface area contributed by atoms with Gasteiger partial charge in [0.25, 0.3) is 5.69 Å². The molecule has 0 aromatic heterocycles. The van der Waals surface area contributed by atoms with Gasteiger partial charge in [0.05, 0.1) is 4.92 Å². The maximum Gasteiger partial charge on any atom is 0.303 e. The third-order valence-corrected chi connectivity index (χ3v) is 2.72. The molecule has 1 unspecified atom stereocenters. The second kappa shape index (κ2) is 6.85. The number of anilines is 1. The zero-order valence-corrected chi connectivity index (χ0v) is 11.4. The molecular weight excluding hydrogens is 288 g/mol. The van der Waals surface area contributed by atoms with Gasteiger partial charge in [0.1, 0.15) is 5.69 Å². The van der Waals surface area contributed by atoms with Crippen LogP contribution in [-0.4, -0.2) is 21.9 Å². The number of carboxylic acids is 1. The maximum atomic E-state index is 11.7. The highest BCUT2D eigenvalue weighted by Gasteiger charge is 2.18. The number of halogens is 1. The highest BCUT2D eigenvalue weighted by Crippen LogP contribution is 2.28. The van der Waals surface area contributed by atoms with Crippen LogP contribution in [0.25, 0.3) is 0 Å². The lowest BCUT2D eigenvalue weighted by Crippen LogP contribution is -2.17. The van der Waals surface area contributed by atoms with E-state index in [4.69, 9.17) is 16.7 Å². The molecular formula is C12H13ClN2O5. The second-order valence-corrected chi connectivity index (χ2v) is 4.81. The van der Waals surface area contributed by atoms with Gasteiger partial charge in [-0.25, -0.2) is 0 Å². The Labute approximate surface area is 119 Å². The summed E-state index contributed by atoms with van der Waals surface area (Å²) in [5.41, 5.74) is -0.274. The van der Waals surface area contributed by atoms with Crippen molar-refractivity contribution in [3.05, 3.63) is 33.3 Å². The second-order valence-electron chi connectivity index (χ2n) is 4.37. The van der Waals surface area contributed by atoms with E-state index in [-0.39, 0.29) is 35.2 Å². The van der Waals surface area contributed by atoms with Crippen LogP contribution < -0.4 is 5.32 Å². The summed E-state index contributed by atoms with van der Waals surface area (Å²) < 4.78 is 0. The van der Waals surface area contributed by atoms with Crippen molar-refractivity contribution < 1.29 is 19.6 Å². The van der Waals surface area contributed by atoms with Gasteiger partial charge in [-0.05, 0) is 18.1 Å². The highest BCUT2D eigenvalue weighted by atomic mass is 35.5. The zero-order valence-electron chi connectivity index (χ0n) is 10.6. The maximum absolute atomic E-state index is 11.7. The fourth-order valence-electron chi connectivity index (χ4n) is 1.65. The number of benzene rings is 1. The first-order chi connectivity index (χ1) is 9.29. The average molecular weight is 301 g/mol. The van der Waals surface area contributed by atoms with E-state index in [1.54, 1.807) is 6.92 Å². The van der Waals surface area contributed by atoms with E-state index >= 15 is 0 Å². The van der Waals surface area contributed by atoms with E-state index in [1.807, 2.05) is 0 Å². The van der Waals surface area contributed by atoms with E-state index in [1.165, 1.54) is 12.1 Å². The lowest BCUT2D eigenvalue weighted by atomic mass is 10.0. The first-order valence-corrected chi connectivity index (χ1v) is 6.13. The number of nitrogens with zero attached hydrogens (tertiary/aromatic N) is 1. The van der Waals surface area contributed by atoms with Crippen molar-refractivity contribution in [3.63, 3.8) is 0 Å². The molecule has 0 saturated heterocycles. The minimum Gasteiger partial charge on any atom is -0.481 e. The Morgan fingerprint density at radius 1 is 1.45 bits per heavy atom. The Morgan fingerprint density at radius 3 is 2.65 bits per heavy atom. The van der Waals surface area contributed by atoms with Crippen LogP contribution in [0, 0.1) is 16.0 Å². The molecule has 0 aliphatic carbocycles. The molecule has 0 bridgehead atoms. The number of hydrogen-bond acceptors (Lipinski definition) is 4. The summed E-state index contributed by atoms with van der Waals surface area (Å²) in [4.78, 5) is 32.4. The normalized spacial score (nSPS) is 11.7. The Kier molecular flexibility index (Phi) is 5.45. The van der Waals surface area contributed by atoms with Crippen LogP contribution in [0.1, 0.15) is 19.8 Å². The Hall–Kier alpha value is -2.15. The molecule has 1 amide bonds. The van der Waals surface area contributed by atoms with Crippen molar-refractivity contribution in [2.75, 3.05) is 5.32 Å². The molecule has 0 aliphatic heterocycles. The summed E-state index contributed by atoms with van der Waals surface area (Å²) in [6.45, 7) is 1.62. The SMILES string of the molecule is CC(CC(=O)O)CC(=O)Nc1ccc(Cl)cc1[N+](=O)[O-]. The van der Waals surface area contributed by atoms with E-state index in [0.717, 1.165) is 6.07 Å². The van der Waals surface area contributed by atoms with Crippen LogP contribution in [0.3, 0.4) is 0 Å². The summed E-state index contributed by atoms with van der Waals surface area (Å²) >= 11 is 5.66. The number of nitro groups is 1. The molecule has 1 atom stereocenters. The van der Waals surface area contributed by atoms with E-state index in [2.05, 4.69) is 5.32 Å². The van der Waals surface area contributed by atoms with Gasteiger partial charge in [-0.3, -0.25) is 19.7 Å². The Balaban J connectivity index is 2.76. The van der Waals surface area contributed by atoms with Gasteiger partial charge in [0, 0.05) is 23.9 Å². The third-order valence-electron chi connectivity index (χ3n) is 2.49. The van der Waals surface area contributed by atoms with Crippen molar-refractivity contribution in [2.45, 2.75) is 19.8 Å². The van der Waals surface area contributed by atoms with Crippen molar-refractivity contribution in [2.24, 2.45) is 5.92 Å². The summed E-state index contributed by atoms with van der Waals surface area (Å²) in [7, 11) is 0. The topological polar surface area (TPSA) is 110 Å². The number of carbonyl (C=O) groups is 2. The quantitative estimate of drug-likeness (QED) is 0.620. The number of carboxylic acid groups (broad SMARTS) is 1. The molecule has 108 valence electrons. The summed E-state index contributed by atoms with van der Waals surface area (Å²) in [6, 6.07) is 3.89. The lowest BCUT2D eigenvalue weighted by Gasteiger charge is -2.09. The molecule has 2 N–H and O–H groups in total. The van der Waals surface area contributed by atoms with Crippen molar-refractivity contribution in [1.82, 2.24) is 0 Å². The molecule has 0 fully saturated rings. The lowest BCUT2D eigenvalue weighted by molar-refractivity contribution is -0.383. The molecule has 1 rings (SSSR count). The minimum atomic E-state index is -0.997. The van der Waals surface area contributed by atoms with Gasteiger partial charge < -0.3 is 10.4 Å². The molecule has 8 heteroatoms. The molecule has 1 aromatic carbocycles. The fraction of sp³-hybridized carbons (Fsp3) is 0.333. The largest absolute Gasteiger partial charge is 0.481 e. The predicted octanol–water partition coefficient (Wildman–Crippen LogP) is 2.69. The van der Waals surface area contributed by atoms with E-state index in [0.29, 0.717) is 0 Å². The molecule has 0 saturated carbocycles. The first kappa shape index (κ1) is 15.9. The van der Waals surface area contributed by atoms with Crippen LogP contribution in [0.5, 0.6) is 0 Å². The number of nitro benzene ring substituents is 1. The Morgan fingerprint density at radius 2 is 2.10 bits per heavy atom. The molecule has 0 aliphatic rings. The highest BCUT2D eigenvalue weighted by molar-refractivity contribution is 6.31.